The van der Waals surface area contributed by atoms with Crippen molar-refractivity contribution < 1.29 is 14.3 Å². The van der Waals surface area contributed by atoms with E-state index in [1.165, 1.54) is 6.33 Å². The predicted molar refractivity (Wildman–Crippen MR) is 144 cm³/mol. The number of esters is 1. The molecule has 2 aromatic heterocycles. The highest BCUT2D eigenvalue weighted by atomic mass is 35.5. The molecule has 0 radical (unpaired) electrons. The van der Waals surface area contributed by atoms with Crippen molar-refractivity contribution in [3.8, 4) is 0 Å². The summed E-state index contributed by atoms with van der Waals surface area (Å²) < 4.78 is 5.63. The summed E-state index contributed by atoms with van der Waals surface area (Å²) in [5.74, 6) is 0.272. The number of aromatic nitrogens is 3. The normalized spacial score (nSPS) is 16.4. The number of carbonyl (C=O) groups excluding carboxylic acids is 2. The molecule has 1 aromatic carbocycles. The molecule has 9 nitrogen and oxygen atoms in total. The molecule has 4 N–H and O–H groups in total. The molecule has 0 spiro atoms. The minimum Gasteiger partial charge on any atom is -0.460 e. The van der Waals surface area contributed by atoms with Crippen LogP contribution in [-0.4, -0.2) is 52.1 Å². The lowest BCUT2D eigenvalue weighted by molar-refractivity contribution is -0.161. The molecular weight excluding hydrogens is 492 g/mol. The molecule has 10 heteroatoms. The number of hydrogen-bond acceptors (Lipinski definition) is 7. The number of fused-ring (bicyclic) bond motifs is 1. The number of piperidine rings is 1. The molecule has 1 fully saturated rings. The Balaban J connectivity index is 1.57. The van der Waals surface area contributed by atoms with E-state index in [4.69, 9.17) is 22.1 Å². The Morgan fingerprint density at radius 1 is 1.19 bits per heavy atom. The lowest BCUT2D eigenvalue weighted by atomic mass is 9.74. The Hall–Kier alpha value is -3.17. The number of ether oxygens (including phenoxy) is 1. The zero-order chi connectivity index (χ0) is 26.6. The summed E-state index contributed by atoms with van der Waals surface area (Å²) in [7, 11) is 0. The standard InChI is InChI=1S/C27H35ClN6O3/c1-26(2,3)37-22(35)16-27(25(36)33-21(8-12-29)18-4-6-19(28)7-5-18)10-14-34(15-11-27)24-20-9-13-30-23(20)31-17-32-24/h4-7,9,13,17,21H,8,10-12,14-16,29H2,1-3H3,(H,33,36)(H,30,31,32). The molecular formula is C27H35ClN6O3. The molecule has 3 heterocycles. The van der Waals surface area contributed by atoms with Gasteiger partial charge in [-0.25, -0.2) is 9.97 Å². The smallest absolute Gasteiger partial charge is 0.307 e. The lowest BCUT2D eigenvalue weighted by Crippen LogP contribution is -2.51. The number of anilines is 1. The van der Waals surface area contributed by atoms with Gasteiger partial charge in [0.15, 0.2) is 0 Å². The van der Waals surface area contributed by atoms with E-state index in [1.807, 2.05) is 45.2 Å². The molecule has 1 amide bonds. The van der Waals surface area contributed by atoms with Crippen molar-refractivity contribution in [2.45, 2.75) is 58.1 Å². The molecule has 0 aliphatic carbocycles. The summed E-state index contributed by atoms with van der Waals surface area (Å²) in [6, 6.07) is 9.04. The zero-order valence-corrected chi connectivity index (χ0v) is 22.3. The first-order chi connectivity index (χ1) is 17.6. The van der Waals surface area contributed by atoms with Gasteiger partial charge in [0.1, 0.15) is 23.4 Å². The third-order valence-corrected chi connectivity index (χ3v) is 7.02. The van der Waals surface area contributed by atoms with Gasteiger partial charge < -0.3 is 25.7 Å². The second kappa shape index (κ2) is 11.1. The molecule has 1 aliphatic rings. The van der Waals surface area contributed by atoms with Crippen LogP contribution in [0.1, 0.15) is 58.1 Å². The van der Waals surface area contributed by atoms with E-state index in [-0.39, 0.29) is 24.3 Å². The van der Waals surface area contributed by atoms with Gasteiger partial charge in [0.25, 0.3) is 0 Å². The fourth-order valence-corrected chi connectivity index (χ4v) is 5.02. The number of carbonyl (C=O) groups is 2. The van der Waals surface area contributed by atoms with Crippen LogP contribution in [0.25, 0.3) is 11.0 Å². The first-order valence-corrected chi connectivity index (χ1v) is 13.0. The lowest BCUT2D eigenvalue weighted by Gasteiger charge is -2.41. The summed E-state index contributed by atoms with van der Waals surface area (Å²) in [6.07, 6.45) is 4.89. The summed E-state index contributed by atoms with van der Waals surface area (Å²) in [4.78, 5) is 40.9. The monoisotopic (exact) mass is 526 g/mol. The predicted octanol–water partition coefficient (Wildman–Crippen LogP) is 4.14. The van der Waals surface area contributed by atoms with E-state index < -0.39 is 11.0 Å². The number of halogens is 1. The van der Waals surface area contributed by atoms with Gasteiger partial charge in [-0.1, -0.05) is 23.7 Å². The van der Waals surface area contributed by atoms with Crippen molar-refractivity contribution in [3.05, 3.63) is 53.4 Å². The Labute approximate surface area is 222 Å². The minimum absolute atomic E-state index is 0.00322. The highest BCUT2D eigenvalue weighted by molar-refractivity contribution is 6.30. The molecule has 198 valence electrons. The van der Waals surface area contributed by atoms with Crippen molar-refractivity contribution in [1.29, 1.82) is 0 Å². The quantitative estimate of drug-likeness (QED) is 0.376. The molecule has 4 rings (SSSR count). The van der Waals surface area contributed by atoms with E-state index in [0.717, 1.165) is 22.4 Å². The van der Waals surface area contributed by atoms with Crippen molar-refractivity contribution in [1.82, 2.24) is 20.3 Å². The van der Waals surface area contributed by atoms with Gasteiger partial charge in [-0.15, -0.1) is 0 Å². The van der Waals surface area contributed by atoms with Gasteiger partial charge in [0.05, 0.1) is 23.3 Å². The molecule has 1 saturated heterocycles. The van der Waals surface area contributed by atoms with E-state index in [0.29, 0.717) is 43.9 Å². The van der Waals surface area contributed by atoms with Gasteiger partial charge in [-0.3, -0.25) is 9.59 Å². The molecule has 1 aliphatic heterocycles. The second-order valence-electron chi connectivity index (χ2n) is 10.6. The first kappa shape index (κ1) is 26.9. The molecule has 3 aromatic rings. The van der Waals surface area contributed by atoms with Gasteiger partial charge in [0.2, 0.25) is 5.91 Å². The number of rotatable bonds is 8. The topological polar surface area (TPSA) is 126 Å². The average Bonchev–Trinajstić information content (AvgIpc) is 3.33. The van der Waals surface area contributed by atoms with Crippen LogP contribution in [0.15, 0.2) is 42.9 Å². The van der Waals surface area contributed by atoms with Crippen molar-refractivity contribution in [3.63, 3.8) is 0 Å². The largest absolute Gasteiger partial charge is 0.460 e. The highest BCUT2D eigenvalue weighted by Gasteiger charge is 2.45. The highest BCUT2D eigenvalue weighted by Crippen LogP contribution is 2.39. The number of nitrogens with one attached hydrogen (secondary N) is 2. The minimum atomic E-state index is -0.914. The van der Waals surface area contributed by atoms with Crippen LogP contribution in [-0.2, 0) is 14.3 Å². The summed E-state index contributed by atoms with van der Waals surface area (Å²) >= 11 is 6.07. The zero-order valence-electron chi connectivity index (χ0n) is 21.6. The third-order valence-electron chi connectivity index (χ3n) is 6.77. The Morgan fingerprint density at radius 3 is 2.54 bits per heavy atom. The summed E-state index contributed by atoms with van der Waals surface area (Å²) in [5.41, 5.74) is 6.01. The van der Waals surface area contributed by atoms with Crippen molar-refractivity contribution in [2.75, 3.05) is 24.5 Å². The van der Waals surface area contributed by atoms with Crippen LogP contribution in [0, 0.1) is 5.41 Å². The fourth-order valence-electron chi connectivity index (χ4n) is 4.89. The van der Waals surface area contributed by atoms with Crippen LogP contribution < -0.4 is 16.0 Å². The molecule has 0 bridgehead atoms. The molecule has 1 unspecified atom stereocenters. The number of aromatic amines is 1. The van der Waals surface area contributed by atoms with Gasteiger partial charge in [-0.2, -0.15) is 0 Å². The van der Waals surface area contributed by atoms with Crippen LogP contribution >= 0.6 is 11.6 Å². The van der Waals surface area contributed by atoms with Gasteiger partial charge in [-0.05, 0) is 70.3 Å². The summed E-state index contributed by atoms with van der Waals surface area (Å²) in [6.45, 7) is 7.02. The van der Waals surface area contributed by atoms with Crippen LogP contribution in [0.2, 0.25) is 5.02 Å². The van der Waals surface area contributed by atoms with Crippen molar-refractivity contribution in [2.24, 2.45) is 11.1 Å². The number of amides is 1. The Kier molecular flexibility index (Phi) is 8.04. The van der Waals surface area contributed by atoms with Gasteiger partial charge >= 0.3 is 5.97 Å². The maximum atomic E-state index is 13.9. The summed E-state index contributed by atoms with van der Waals surface area (Å²) in [5, 5.41) is 4.74. The number of nitrogens with two attached hydrogens (primary N) is 1. The average molecular weight is 527 g/mol. The number of nitrogens with zero attached hydrogens (tertiary/aromatic N) is 3. The van der Waals surface area contributed by atoms with E-state index in [9.17, 15) is 9.59 Å². The number of H-pyrrole nitrogens is 1. The fraction of sp³-hybridized carbons (Fsp3) is 0.481. The Bertz CT molecular complexity index is 1230. The maximum absolute atomic E-state index is 13.9. The van der Waals surface area contributed by atoms with Crippen LogP contribution in [0.3, 0.4) is 0 Å². The maximum Gasteiger partial charge on any atom is 0.307 e. The molecule has 0 saturated carbocycles. The van der Waals surface area contributed by atoms with Crippen molar-refractivity contribution >= 4 is 40.3 Å². The SMILES string of the molecule is CC(C)(C)OC(=O)CC1(C(=O)NC(CCN)c2ccc(Cl)cc2)CCN(c2ncnc3[nH]ccc23)CC1. The number of hydrogen-bond donors (Lipinski definition) is 3. The molecule has 1 atom stereocenters. The molecule has 37 heavy (non-hydrogen) atoms. The number of benzene rings is 1. The van der Waals surface area contributed by atoms with E-state index in [2.05, 4.69) is 25.2 Å². The third kappa shape index (κ3) is 6.40. The van der Waals surface area contributed by atoms with Crippen LogP contribution in [0.5, 0.6) is 0 Å². The van der Waals surface area contributed by atoms with Gasteiger partial charge in [0, 0.05) is 24.3 Å². The van der Waals surface area contributed by atoms with Crippen LogP contribution in [0.4, 0.5) is 5.82 Å². The Morgan fingerprint density at radius 2 is 1.89 bits per heavy atom. The van der Waals surface area contributed by atoms with E-state index in [1.54, 1.807) is 12.1 Å². The van der Waals surface area contributed by atoms with E-state index >= 15 is 0 Å². The second-order valence-corrected chi connectivity index (χ2v) is 11.1. The first-order valence-electron chi connectivity index (χ1n) is 12.6.